The van der Waals surface area contributed by atoms with Gasteiger partial charge in [-0.2, -0.15) is 0 Å². The summed E-state index contributed by atoms with van der Waals surface area (Å²) < 4.78 is 20.6. The molecule has 2 rings (SSSR count). The van der Waals surface area contributed by atoms with Crippen molar-refractivity contribution in [1.82, 2.24) is 10.6 Å². The number of carbonyl (C=O) groups excluding carboxylic acids is 2. The molecule has 0 saturated carbocycles. The Hall–Kier alpha value is -2.94. The van der Waals surface area contributed by atoms with Crippen LogP contribution in [0.3, 0.4) is 0 Å². The average Bonchev–Trinajstić information content (AvgIpc) is 2.80. The Morgan fingerprint density at radius 3 is 2.19 bits per heavy atom. The van der Waals surface area contributed by atoms with Gasteiger partial charge in [-0.1, -0.05) is 60.7 Å². The lowest BCUT2D eigenvalue weighted by Crippen LogP contribution is -2.48. The summed E-state index contributed by atoms with van der Waals surface area (Å²) >= 11 is 0. The Bertz CT molecular complexity index is 757. The van der Waals surface area contributed by atoms with E-state index in [2.05, 4.69) is 10.6 Å². The van der Waals surface area contributed by atoms with Crippen LogP contribution in [0.2, 0.25) is 0 Å². The van der Waals surface area contributed by atoms with E-state index in [9.17, 15) is 9.59 Å². The number of alkyl carbamates (subject to hydrolysis) is 1. The van der Waals surface area contributed by atoms with Crippen molar-refractivity contribution in [3.05, 3.63) is 71.8 Å². The molecule has 168 valence electrons. The van der Waals surface area contributed by atoms with Crippen LogP contribution in [0.4, 0.5) is 4.79 Å². The van der Waals surface area contributed by atoms with Crippen LogP contribution in [0.1, 0.15) is 11.1 Å². The normalized spacial score (nSPS) is 11.5. The summed E-state index contributed by atoms with van der Waals surface area (Å²) in [5.74, 6) is -0.315. The van der Waals surface area contributed by atoms with E-state index in [-0.39, 0.29) is 25.9 Å². The van der Waals surface area contributed by atoms with Crippen molar-refractivity contribution in [2.45, 2.75) is 19.1 Å². The van der Waals surface area contributed by atoms with Crippen LogP contribution in [0.25, 0.3) is 0 Å². The van der Waals surface area contributed by atoms with Gasteiger partial charge in [0, 0.05) is 20.1 Å². The minimum Gasteiger partial charge on any atom is -0.445 e. The van der Waals surface area contributed by atoms with E-state index in [0.717, 1.165) is 11.1 Å². The number of benzene rings is 2. The van der Waals surface area contributed by atoms with Crippen molar-refractivity contribution >= 4 is 12.0 Å². The molecule has 2 N–H and O–H groups in total. The van der Waals surface area contributed by atoms with Gasteiger partial charge in [-0.25, -0.2) is 4.79 Å². The zero-order valence-corrected chi connectivity index (χ0v) is 17.8. The molecule has 0 bridgehead atoms. The summed E-state index contributed by atoms with van der Waals surface area (Å²) in [6.07, 6.45) is -0.309. The number of methoxy groups -OCH3 is 1. The highest BCUT2D eigenvalue weighted by Gasteiger charge is 2.21. The molecule has 0 radical (unpaired) electrons. The molecule has 1 atom stereocenters. The molecule has 31 heavy (non-hydrogen) atoms. The van der Waals surface area contributed by atoms with E-state index < -0.39 is 12.1 Å². The topological polar surface area (TPSA) is 95.1 Å². The average molecular weight is 431 g/mol. The second-order valence-electron chi connectivity index (χ2n) is 6.67. The maximum Gasteiger partial charge on any atom is 0.408 e. The molecular formula is C23H30N2O6. The van der Waals surface area contributed by atoms with Gasteiger partial charge in [0.2, 0.25) is 5.91 Å². The van der Waals surface area contributed by atoms with Gasteiger partial charge in [0.15, 0.2) is 0 Å². The standard InChI is InChI=1S/C23H30N2O6/c1-28-14-15-30-18-29-13-12-24-22(26)21(16-19-8-4-2-5-9-19)25-23(27)31-17-20-10-6-3-7-11-20/h2-11,21H,12-18H2,1H3,(H,24,26)(H,25,27)/t21-/m0/s1. The number of rotatable bonds is 14. The summed E-state index contributed by atoms with van der Waals surface area (Å²) in [5, 5.41) is 5.43. The third kappa shape index (κ3) is 10.6. The van der Waals surface area contributed by atoms with Gasteiger partial charge in [0.05, 0.1) is 19.8 Å². The number of carbonyl (C=O) groups is 2. The Morgan fingerprint density at radius 2 is 1.52 bits per heavy atom. The van der Waals surface area contributed by atoms with E-state index in [1.807, 2.05) is 60.7 Å². The summed E-state index contributed by atoms with van der Waals surface area (Å²) in [6.45, 7) is 1.76. The second-order valence-corrected chi connectivity index (χ2v) is 6.67. The predicted octanol–water partition coefficient (Wildman–Crippen LogP) is 2.28. The van der Waals surface area contributed by atoms with E-state index >= 15 is 0 Å². The van der Waals surface area contributed by atoms with Crippen molar-refractivity contribution in [2.75, 3.05) is 40.3 Å². The van der Waals surface area contributed by atoms with Crippen molar-refractivity contribution in [2.24, 2.45) is 0 Å². The quantitative estimate of drug-likeness (QED) is 0.353. The first-order valence-electron chi connectivity index (χ1n) is 10.1. The lowest BCUT2D eigenvalue weighted by atomic mass is 10.1. The van der Waals surface area contributed by atoms with Crippen LogP contribution in [0.15, 0.2) is 60.7 Å². The van der Waals surface area contributed by atoms with Crippen molar-refractivity contribution in [1.29, 1.82) is 0 Å². The van der Waals surface area contributed by atoms with Gasteiger partial charge in [-0.15, -0.1) is 0 Å². The molecule has 0 spiro atoms. The van der Waals surface area contributed by atoms with Crippen molar-refractivity contribution in [3.8, 4) is 0 Å². The molecule has 0 unspecified atom stereocenters. The van der Waals surface area contributed by atoms with Crippen LogP contribution in [-0.4, -0.2) is 58.3 Å². The Balaban J connectivity index is 1.80. The SMILES string of the molecule is COCCOCOCCNC(=O)[C@H](Cc1ccccc1)NC(=O)OCc1ccccc1. The summed E-state index contributed by atoms with van der Waals surface area (Å²) in [5.41, 5.74) is 1.79. The van der Waals surface area contributed by atoms with Gasteiger partial charge in [0.25, 0.3) is 0 Å². The van der Waals surface area contributed by atoms with Crippen LogP contribution in [0, 0.1) is 0 Å². The number of hydrogen-bond donors (Lipinski definition) is 2. The fourth-order valence-electron chi connectivity index (χ4n) is 2.65. The van der Waals surface area contributed by atoms with Crippen LogP contribution in [0.5, 0.6) is 0 Å². The number of hydrogen-bond acceptors (Lipinski definition) is 6. The lowest BCUT2D eigenvalue weighted by molar-refractivity contribution is -0.123. The molecule has 2 amide bonds. The lowest BCUT2D eigenvalue weighted by Gasteiger charge is -2.18. The van der Waals surface area contributed by atoms with E-state index in [1.165, 1.54) is 0 Å². The fourth-order valence-corrected chi connectivity index (χ4v) is 2.65. The highest BCUT2D eigenvalue weighted by molar-refractivity contribution is 5.85. The Kier molecular flexibility index (Phi) is 11.7. The summed E-state index contributed by atoms with van der Waals surface area (Å²) in [7, 11) is 1.59. The third-order valence-corrected chi connectivity index (χ3v) is 4.25. The zero-order valence-electron chi connectivity index (χ0n) is 17.8. The fraction of sp³-hybridized carbons (Fsp3) is 0.391. The van der Waals surface area contributed by atoms with Gasteiger partial charge >= 0.3 is 6.09 Å². The Labute approximate surface area is 182 Å². The minimum atomic E-state index is -0.774. The maximum atomic E-state index is 12.6. The summed E-state index contributed by atoms with van der Waals surface area (Å²) in [6, 6.07) is 18.0. The molecule has 0 fully saturated rings. The van der Waals surface area contributed by atoms with Crippen LogP contribution >= 0.6 is 0 Å². The molecular weight excluding hydrogens is 400 g/mol. The number of nitrogens with one attached hydrogen (secondary N) is 2. The molecule has 2 aromatic carbocycles. The first-order valence-corrected chi connectivity index (χ1v) is 10.1. The molecule has 2 aromatic rings. The number of ether oxygens (including phenoxy) is 4. The first-order chi connectivity index (χ1) is 15.2. The van der Waals surface area contributed by atoms with E-state index in [1.54, 1.807) is 7.11 Å². The highest BCUT2D eigenvalue weighted by Crippen LogP contribution is 2.05. The second kappa shape index (κ2) is 15.0. The molecule has 0 heterocycles. The minimum absolute atomic E-state index is 0.122. The van der Waals surface area contributed by atoms with Crippen molar-refractivity contribution < 1.29 is 28.5 Å². The molecule has 0 aliphatic rings. The smallest absolute Gasteiger partial charge is 0.408 e. The van der Waals surface area contributed by atoms with Crippen LogP contribution < -0.4 is 10.6 Å². The first kappa shape index (κ1) is 24.3. The molecule has 0 aliphatic carbocycles. The molecule has 8 heteroatoms. The highest BCUT2D eigenvalue weighted by atomic mass is 16.7. The van der Waals surface area contributed by atoms with Crippen LogP contribution in [-0.2, 0) is 36.8 Å². The monoisotopic (exact) mass is 430 g/mol. The molecule has 0 aliphatic heterocycles. The van der Waals surface area contributed by atoms with Crippen molar-refractivity contribution in [3.63, 3.8) is 0 Å². The third-order valence-electron chi connectivity index (χ3n) is 4.25. The molecule has 0 saturated heterocycles. The largest absolute Gasteiger partial charge is 0.445 e. The molecule has 8 nitrogen and oxygen atoms in total. The van der Waals surface area contributed by atoms with E-state index in [0.29, 0.717) is 26.2 Å². The van der Waals surface area contributed by atoms with Gasteiger partial charge in [0.1, 0.15) is 19.4 Å². The van der Waals surface area contributed by atoms with Gasteiger partial charge < -0.3 is 29.6 Å². The predicted molar refractivity (Wildman–Crippen MR) is 115 cm³/mol. The van der Waals surface area contributed by atoms with Gasteiger partial charge in [-0.05, 0) is 11.1 Å². The maximum absolute atomic E-state index is 12.6. The molecule has 0 aromatic heterocycles. The Morgan fingerprint density at radius 1 is 0.871 bits per heavy atom. The zero-order chi connectivity index (χ0) is 22.2. The van der Waals surface area contributed by atoms with Gasteiger partial charge in [-0.3, -0.25) is 4.79 Å². The summed E-state index contributed by atoms with van der Waals surface area (Å²) in [4.78, 5) is 24.9. The van der Waals surface area contributed by atoms with E-state index in [4.69, 9.17) is 18.9 Å². The number of amides is 2.